The van der Waals surface area contributed by atoms with Crippen LogP contribution in [0.15, 0.2) is 30.6 Å². The van der Waals surface area contributed by atoms with Crippen LogP contribution in [0.5, 0.6) is 5.75 Å². The van der Waals surface area contributed by atoms with Crippen LogP contribution in [0, 0.1) is 24.0 Å². The molecule has 0 aliphatic heterocycles. The zero-order chi connectivity index (χ0) is 13.8. The van der Waals surface area contributed by atoms with E-state index in [1.165, 1.54) is 0 Å². The quantitative estimate of drug-likeness (QED) is 0.622. The number of nitro groups is 1. The molecule has 1 aromatic carbocycles. The number of hydrogen-bond acceptors (Lipinski definition) is 5. The Hall–Kier alpha value is -2.50. The number of benzene rings is 1. The highest BCUT2D eigenvalue weighted by Crippen LogP contribution is 2.30. The fourth-order valence-corrected chi connectivity index (χ4v) is 1.63. The van der Waals surface area contributed by atoms with Crippen LogP contribution < -0.4 is 4.74 Å². The third-order valence-electron chi connectivity index (χ3n) is 2.59. The van der Waals surface area contributed by atoms with Crippen LogP contribution in [-0.2, 0) is 6.61 Å². The van der Waals surface area contributed by atoms with E-state index in [0.717, 1.165) is 5.69 Å². The third-order valence-corrected chi connectivity index (χ3v) is 2.59. The molecule has 19 heavy (non-hydrogen) atoms. The Bertz CT molecular complexity index is 597. The summed E-state index contributed by atoms with van der Waals surface area (Å²) in [6.45, 7) is 3.66. The number of nitrogens with zero attached hydrogens (tertiary/aromatic N) is 3. The van der Waals surface area contributed by atoms with Crippen LogP contribution in [0.3, 0.4) is 0 Å². The molecule has 0 saturated heterocycles. The fraction of sp³-hybridized carbons (Fsp3) is 0.231. The van der Waals surface area contributed by atoms with Crippen LogP contribution in [-0.4, -0.2) is 14.9 Å². The number of ether oxygens (including phenoxy) is 1. The third kappa shape index (κ3) is 3.04. The van der Waals surface area contributed by atoms with Gasteiger partial charge in [0.05, 0.1) is 22.5 Å². The lowest BCUT2D eigenvalue weighted by Crippen LogP contribution is -2.02. The highest BCUT2D eigenvalue weighted by atomic mass is 16.6. The number of rotatable bonds is 4. The zero-order valence-corrected chi connectivity index (χ0v) is 10.7. The average Bonchev–Trinajstić information content (AvgIpc) is 2.37. The van der Waals surface area contributed by atoms with Gasteiger partial charge in [0.25, 0.3) is 0 Å². The molecule has 0 aliphatic carbocycles. The lowest BCUT2D eigenvalue weighted by atomic mass is 10.2. The summed E-state index contributed by atoms with van der Waals surface area (Å²) in [5.41, 5.74) is 1.99. The highest BCUT2D eigenvalue weighted by molar-refractivity contribution is 5.52. The van der Waals surface area contributed by atoms with Crippen molar-refractivity contribution in [3.05, 3.63) is 57.7 Å². The van der Waals surface area contributed by atoms with Crippen LogP contribution in [0.4, 0.5) is 5.69 Å². The molecule has 0 radical (unpaired) electrons. The molecular weight excluding hydrogens is 246 g/mol. The van der Waals surface area contributed by atoms with Crippen molar-refractivity contribution in [2.45, 2.75) is 20.5 Å². The van der Waals surface area contributed by atoms with Gasteiger partial charge in [-0.1, -0.05) is 12.1 Å². The SMILES string of the molecule is Cc1cnc(COc2cccc(C)c2[N+](=O)[O-])cn1. The second-order valence-electron chi connectivity index (χ2n) is 4.12. The van der Waals surface area contributed by atoms with Crippen molar-refractivity contribution in [3.63, 3.8) is 0 Å². The van der Waals surface area contributed by atoms with E-state index < -0.39 is 4.92 Å². The number of para-hydroxylation sites is 1. The predicted octanol–water partition coefficient (Wildman–Crippen LogP) is 2.58. The minimum atomic E-state index is -0.439. The summed E-state index contributed by atoms with van der Waals surface area (Å²) >= 11 is 0. The Morgan fingerprint density at radius 2 is 2.05 bits per heavy atom. The maximum atomic E-state index is 11.0. The van der Waals surface area contributed by atoms with Gasteiger partial charge in [-0.2, -0.15) is 0 Å². The Morgan fingerprint density at radius 1 is 1.26 bits per heavy atom. The van der Waals surface area contributed by atoms with Gasteiger partial charge in [0.1, 0.15) is 6.61 Å². The lowest BCUT2D eigenvalue weighted by Gasteiger charge is -2.07. The maximum absolute atomic E-state index is 11.0. The first kappa shape index (κ1) is 12.9. The molecule has 98 valence electrons. The Labute approximate surface area is 110 Å². The molecule has 0 saturated carbocycles. The van der Waals surface area contributed by atoms with Crippen molar-refractivity contribution in [1.82, 2.24) is 9.97 Å². The monoisotopic (exact) mass is 259 g/mol. The molecule has 2 rings (SSSR count). The Balaban J connectivity index is 2.18. The summed E-state index contributed by atoms with van der Waals surface area (Å²) in [6, 6.07) is 4.97. The number of aromatic nitrogens is 2. The zero-order valence-electron chi connectivity index (χ0n) is 10.7. The molecule has 0 fully saturated rings. The van der Waals surface area contributed by atoms with E-state index in [9.17, 15) is 10.1 Å². The van der Waals surface area contributed by atoms with Crippen molar-refractivity contribution in [2.24, 2.45) is 0 Å². The minimum Gasteiger partial charge on any atom is -0.480 e. The van der Waals surface area contributed by atoms with Gasteiger partial charge >= 0.3 is 5.69 Å². The number of nitro benzene ring substituents is 1. The van der Waals surface area contributed by atoms with Gasteiger partial charge in [0, 0.05) is 11.8 Å². The topological polar surface area (TPSA) is 78.2 Å². The number of aryl methyl sites for hydroxylation is 2. The van der Waals surface area contributed by atoms with Gasteiger partial charge in [-0.3, -0.25) is 20.1 Å². The Morgan fingerprint density at radius 3 is 2.68 bits per heavy atom. The van der Waals surface area contributed by atoms with E-state index >= 15 is 0 Å². The van der Waals surface area contributed by atoms with Crippen molar-refractivity contribution >= 4 is 5.69 Å². The van der Waals surface area contributed by atoms with Gasteiger partial charge in [0.2, 0.25) is 0 Å². The van der Waals surface area contributed by atoms with Gasteiger partial charge in [-0.05, 0) is 19.9 Å². The average molecular weight is 259 g/mol. The first-order chi connectivity index (χ1) is 9.08. The molecule has 1 heterocycles. The molecule has 0 N–H and O–H groups in total. The molecule has 0 unspecified atom stereocenters. The van der Waals surface area contributed by atoms with E-state index in [4.69, 9.17) is 4.74 Å². The molecular formula is C13H13N3O3. The van der Waals surface area contributed by atoms with E-state index in [-0.39, 0.29) is 18.0 Å². The van der Waals surface area contributed by atoms with Crippen LogP contribution in [0.25, 0.3) is 0 Å². The van der Waals surface area contributed by atoms with Crippen LogP contribution in [0.1, 0.15) is 17.0 Å². The summed E-state index contributed by atoms with van der Waals surface area (Å²) < 4.78 is 5.46. The van der Waals surface area contributed by atoms with Crippen molar-refractivity contribution in [2.75, 3.05) is 0 Å². The summed E-state index contributed by atoms with van der Waals surface area (Å²) in [7, 11) is 0. The molecule has 0 bridgehead atoms. The van der Waals surface area contributed by atoms with Gasteiger partial charge in [-0.15, -0.1) is 0 Å². The van der Waals surface area contributed by atoms with Crippen molar-refractivity contribution < 1.29 is 9.66 Å². The van der Waals surface area contributed by atoms with E-state index in [1.54, 1.807) is 37.5 Å². The first-order valence-electron chi connectivity index (χ1n) is 5.72. The fourth-order valence-electron chi connectivity index (χ4n) is 1.63. The molecule has 0 aliphatic rings. The van der Waals surface area contributed by atoms with Gasteiger partial charge in [-0.25, -0.2) is 0 Å². The molecule has 2 aromatic rings. The number of hydrogen-bond donors (Lipinski definition) is 0. The smallest absolute Gasteiger partial charge is 0.313 e. The normalized spacial score (nSPS) is 10.2. The lowest BCUT2D eigenvalue weighted by molar-refractivity contribution is -0.386. The van der Waals surface area contributed by atoms with Crippen molar-refractivity contribution in [3.8, 4) is 5.75 Å². The first-order valence-corrected chi connectivity index (χ1v) is 5.72. The van der Waals surface area contributed by atoms with E-state index in [2.05, 4.69) is 9.97 Å². The molecule has 0 spiro atoms. The largest absolute Gasteiger partial charge is 0.480 e. The predicted molar refractivity (Wildman–Crippen MR) is 68.9 cm³/mol. The summed E-state index contributed by atoms with van der Waals surface area (Å²) in [5.74, 6) is 0.243. The molecule has 6 nitrogen and oxygen atoms in total. The molecule has 1 aromatic heterocycles. The second-order valence-corrected chi connectivity index (χ2v) is 4.12. The van der Waals surface area contributed by atoms with Gasteiger partial charge < -0.3 is 4.74 Å². The highest BCUT2D eigenvalue weighted by Gasteiger charge is 2.18. The Kier molecular flexibility index (Phi) is 3.70. The minimum absolute atomic E-state index is 0.0115. The van der Waals surface area contributed by atoms with Crippen LogP contribution >= 0.6 is 0 Å². The second kappa shape index (κ2) is 5.43. The standard InChI is InChI=1S/C13H13N3O3/c1-9-4-3-5-12(13(9)16(17)18)19-8-11-7-14-10(2)6-15-11/h3-7H,8H2,1-2H3. The molecule has 0 atom stereocenters. The van der Waals surface area contributed by atoms with Crippen LogP contribution in [0.2, 0.25) is 0 Å². The van der Waals surface area contributed by atoms with E-state index in [1.807, 2.05) is 6.92 Å². The summed E-state index contributed by atoms with van der Waals surface area (Å²) in [5, 5.41) is 11.0. The van der Waals surface area contributed by atoms with Crippen molar-refractivity contribution in [1.29, 1.82) is 0 Å². The molecule has 6 heteroatoms. The van der Waals surface area contributed by atoms with Gasteiger partial charge in [0.15, 0.2) is 5.75 Å². The summed E-state index contributed by atoms with van der Waals surface area (Å²) in [6.07, 6.45) is 3.22. The van der Waals surface area contributed by atoms with E-state index in [0.29, 0.717) is 11.3 Å². The molecule has 0 amide bonds. The maximum Gasteiger partial charge on any atom is 0.313 e. The summed E-state index contributed by atoms with van der Waals surface area (Å²) in [4.78, 5) is 18.8.